The van der Waals surface area contributed by atoms with Crippen LogP contribution in [0.15, 0.2) is 152 Å². The van der Waals surface area contributed by atoms with Gasteiger partial charge in [-0.3, -0.25) is 4.98 Å². The van der Waals surface area contributed by atoms with Crippen LogP contribution in [0.2, 0.25) is 0 Å². The van der Waals surface area contributed by atoms with Crippen molar-refractivity contribution >= 4 is 32.4 Å². The summed E-state index contributed by atoms with van der Waals surface area (Å²) in [6.45, 7) is 0. The van der Waals surface area contributed by atoms with Crippen molar-refractivity contribution in [2.45, 2.75) is 18.3 Å². The Kier molecular flexibility index (Phi) is 5.10. The number of hydrogen-bond acceptors (Lipinski definition) is 1. The van der Waals surface area contributed by atoms with E-state index in [0.29, 0.717) is 0 Å². The fourth-order valence-electron chi connectivity index (χ4n) is 8.62. The maximum Gasteiger partial charge on any atom is 0.0708 e. The number of rotatable bonds is 2. The summed E-state index contributed by atoms with van der Waals surface area (Å²) in [5, 5.41) is 6.20. The van der Waals surface area contributed by atoms with Gasteiger partial charge in [0.2, 0.25) is 0 Å². The summed E-state index contributed by atoms with van der Waals surface area (Å²) in [6, 6.07) is 53.8. The first-order chi connectivity index (χ1) is 22.3. The maximum atomic E-state index is 5.04. The van der Waals surface area contributed by atoms with Crippen LogP contribution >= 0.6 is 0 Å². The number of hydrogen-bond donors (Lipinski definition) is 0. The van der Waals surface area contributed by atoms with Crippen LogP contribution < -0.4 is 0 Å². The summed E-state index contributed by atoms with van der Waals surface area (Å²) < 4.78 is 0. The molecule has 0 N–H and O–H groups in total. The zero-order chi connectivity index (χ0) is 29.5. The highest BCUT2D eigenvalue weighted by molar-refractivity contribution is 6.27. The first kappa shape index (κ1) is 24.9. The summed E-state index contributed by atoms with van der Waals surface area (Å²) in [5.74, 6) is 0. The zero-order valence-electron chi connectivity index (χ0n) is 24.8. The Labute approximate surface area is 262 Å². The van der Waals surface area contributed by atoms with Gasteiger partial charge in [-0.2, -0.15) is 0 Å². The lowest BCUT2D eigenvalue weighted by molar-refractivity contribution is 0.564. The molecule has 7 aromatic carbocycles. The first-order valence-corrected chi connectivity index (χ1v) is 15.9. The van der Waals surface area contributed by atoms with Gasteiger partial charge in [-0.1, -0.05) is 133 Å². The topological polar surface area (TPSA) is 12.9 Å². The largest absolute Gasteiger partial charge is 0.256 e. The van der Waals surface area contributed by atoms with Crippen molar-refractivity contribution in [1.82, 2.24) is 4.98 Å². The highest BCUT2D eigenvalue weighted by Crippen LogP contribution is 2.56. The second-order valence-electron chi connectivity index (χ2n) is 12.7. The zero-order valence-corrected chi connectivity index (χ0v) is 24.8. The van der Waals surface area contributed by atoms with Gasteiger partial charge >= 0.3 is 0 Å². The Morgan fingerprint density at radius 3 is 1.87 bits per heavy atom. The molecule has 210 valence electrons. The molecule has 0 bridgehead atoms. The SMILES string of the molecule is c1ccc(-c2c3ccccc3c(-c3ccc4c(c3)C3(Cc5ccccc5C3)c3ccccc3-4)c3cnc4ccccc4c23)cc1. The van der Waals surface area contributed by atoms with Crippen molar-refractivity contribution in [2.75, 3.05) is 0 Å². The lowest BCUT2D eigenvalue weighted by atomic mass is 9.75. The van der Waals surface area contributed by atoms with Crippen molar-refractivity contribution in [2.24, 2.45) is 0 Å². The van der Waals surface area contributed by atoms with Crippen molar-refractivity contribution in [3.05, 3.63) is 174 Å². The molecule has 1 heterocycles. The van der Waals surface area contributed by atoms with E-state index in [9.17, 15) is 0 Å². The minimum Gasteiger partial charge on any atom is -0.256 e. The smallest absolute Gasteiger partial charge is 0.0708 e. The summed E-state index contributed by atoms with van der Waals surface area (Å²) in [5.41, 5.74) is 14.6. The highest BCUT2D eigenvalue weighted by Gasteiger charge is 2.47. The highest BCUT2D eigenvalue weighted by atomic mass is 14.7. The third-order valence-electron chi connectivity index (χ3n) is 10.5. The Hall–Kier alpha value is -5.53. The van der Waals surface area contributed by atoms with Gasteiger partial charge < -0.3 is 0 Å². The van der Waals surface area contributed by atoms with Crippen LogP contribution in [0.3, 0.4) is 0 Å². The van der Waals surface area contributed by atoms with Crippen molar-refractivity contribution in [3.8, 4) is 33.4 Å². The summed E-state index contributed by atoms with van der Waals surface area (Å²) in [4.78, 5) is 5.04. The molecule has 0 saturated heterocycles. The van der Waals surface area contributed by atoms with Crippen LogP contribution in [-0.2, 0) is 18.3 Å². The van der Waals surface area contributed by atoms with Crippen LogP contribution in [0.1, 0.15) is 22.3 Å². The number of aromatic nitrogens is 1. The van der Waals surface area contributed by atoms with Crippen molar-refractivity contribution in [3.63, 3.8) is 0 Å². The van der Waals surface area contributed by atoms with Gasteiger partial charge in [-0.05, 0) is 91.4 Å². The van der Waals surface area contributed by atoms with E-state index in [4.69, 9.17) is 4.98 Å². The van der Waals surface area contributed by atoms with E-state index < -0.39 is 0 Å². The van der Waals surface area contributed by atoms with Crippen LogP contribution in [0.5, 0.6) is 0 Å². The first-order valence-electron chi connectivity index (χ1n) is 15.9. The van der Waals surface area contributed by atoms with Crippen LogP contribution in [0.4, 0.5) is 0 Å². The van der Waals surface area contributed by atoms with E-state index in [0.717, 1.165) is 18.4 Å². The van der Waals surface area contributed by atoms with Gasteiger partial charge in [-0.15, -0.1) is 0 Å². The fraction of sp³-hybridized carbons (Fsp3) is 0.0682. The standard InChI is InChI=1S/C44H29N/c1-2-12-28(13-3-1)42-35-18-7-6-17-34(35)41(37-27-45-40-21-11-9-19-36(40)43(37)42)29-22-23-33-32-16-8-10-20-38(32)44(39(33)24-29)25-30-14-4-5-15-31(30)26-44/h1-24,27H,25-26H2. The summed E-state index contributed by atoms with van der Waals surface area (Å²) in [6.07, 6.45) is 4.20. The minimum atomic E-state index is -0.0494. The molecule has 0 saturated carbocycles. The molecule has 0 fully saturated rings. The molecule has 1 spiro atoms. The van der Waals surface area contributed by atoms with Crippen molar-refractivity contribution < 1.29 is 0 Å². The Bertz CT molecular complexity index is 2460. The molecule has 0 atom stereocenters. The average molecular weight is 572 g/mol. The van der Waals surface area contributed by atoms with Gasteiger partial charge in [0.25, 0.3) is 0 Å². The molecule has 1 aromatic heterocycles. The predicted molar refractivity (Wildman–Crippen MR) is 188 cm³/mol. The van der Waals surface area contributed by atoms with Crippen molar-refractivity contribution in [1.29, 1.82) is 0 Å². The predicted octanol–water partition coefficient (Wildman–Crippen LogP) is 10.9. The number of benzene rings is 7. The molecule has 2 aliphatic carbocycles. The van der Waals surface area contributed by atoms with Gasteiger partial charge in [0.05, 0.1) is 5.52 Å². The van der Waals surface area contributed by atoms with Gasteiger partial charge in [0, 0.05) is 27.8 Å². The molecule has 0 unspecified atom stereocenters. The maximum absolute atomic E-state index is 5.04. The van der Waals surface area contributed by atoms with E-state index >= 15 is 0 Å². The molecular weight excluding hydrogens is 542 g/mol. The minimum absolute atomic E-state index is 0.0494. The number of nitrogens with zero attached hydrogens (tertiary/aromatic N) is 1. The van der Waals surface area contributed by atoms with Gasteiger partial charge in [-0.25, -0.2) is 0 Å². The molecule has 1 nitrogen and oxygen atoms in total. The van der Waals surface area contributed by atoms with Crippen LogP contribution in [0.25, 0.3) is 65.8 Å². The van der Waals surface area contributed by atoms with Gasteiger partial charge in [0.1, 0.15) is 0 Å². The fourth-order valence-corrected chi connectivity index (χ4v) is 8.62. The van der Waals surface area contributed by atoms with Gasteiger partial charge in [0.15, 0.2) is 0 Å². The second kappa shape index (κ2) is 9.24. The molecule has 45 heavy (non-hydrogen) atoms. The molecule has 8 aromatic rings. The number of pyridine rings is 1. The second-order valence-corrected chi connectivity index (χ2v) is 12.7. The summed E-state index contributed by atoms with van der Waals surface area (Å²) in [7, 11) is 0. The third-order valence-corrected chi connectivity index (χ3v) is 10.5. The Balaban J connectivity index is 1.31. The van der Waals surface area contributed by atoms with E-state index in [1.165, 1.54) is 82.6 Å². The normalized spacial score (nSPS) is 14.2. The quantitative estimate of drug-likeness (QED) is 0.149. The van der Waals surface area contributed by atoms with E-state index in [1.807, 2.05) is 0 Å². The monoisotopic (exact) mass is 571 g/mol. The Morgan fingerprint density at radius 2 is 1.07 bits per heavy atom. The molecule has 10 rings (SSSR count). The molecule has 0 radical (unpaired) electrons. The lowest BCUT2D eigenvalue weighted by Gasteiger charge is -2.27. The molecule has 1 heteroatoms. The average Bonchev–Trinajstić information content (AvgIpc) is 3.63. The number of para-hydroxylation sites is 1. The van der Waals surface area contributed by atoms with E-state index in [1.54, 1.807) is 0 Å². The Morgan fingerprint density at radius 1 is 0.444 bits per heavy atom. The van der Waals surface area contributed by atoms with Crippen LogP contribution in [0, 0.1) is 0 Å². The molecule has 2 aliphatic rings. The van der Waals surface area contributed by atoms with Crippen LogP contribution in [-0.4, -0.2) is 4.98 Å². The molecular formula is C44H29N. The number of fused-ring (bicyclic) bond motifs is 10. The molecule has 0 aliphatic heterocycles. The third kappa shape index (κ3) is 3.41. The van der Waals surface area contributed by atoms with E-state index in [-0.39, 0.29) is 5.41 Å². The summed E-state index contributed by atoms with van der Waals surface area (Å²) >= 11 is 0. The molecule has 0 amide bonds. The van der Waals surface area contributed by atoms with E-state index in [2.05, 4.69) is 152 Å². The lowest BCUT2D eigenvalue weighted by Crippen LogP contribution is -2.25.